The van der Waals surface area contributed by atoms with E-state index < -0.39 is 5.60 Å². The molecule has 1 aliphatic rings. The normalized spacial score (nSPS) is 14.1. The van der Waals surface area contributed by atoms with Crippen LogP contribution in [0, 0.1) is 6.92 Å². The highest BCUT2D eigenvalue weighted by molar-refractivity contribution is 5.99. The molecule has 2 aromatic rings. The average Bonchev–Trinajstić information content (AvgIpc) is 3.09. The molecule has 2 aromatic carbocycles. The number of carbonyl (C=O) groups excluding carboxylic acids is 2. The fourth-order valence-corrected chi connectivity index (χ4v) is 3.33. The summed E-state index contributed by atoms with van der Waals surface area (Å²) in [5.74, 6) is 1.24. The van der Waals surface area contributed by atoms with Crippen molar-refractivity contribution in [3.8, 4) is 11.5 Å². The van der Waals surface area contributed by atoms with E-state index in [9.17, 15) is 9.59 Å². The molecule has 2 amide bonds. The molecular formula is C23H28N2O4. The molecule has 0 aliphatic carbocycles. The Morgan fingerprint density at radius 1 is 1.14 bits per heavy atom. The monoisotopic (exact) mass is 396 g/mol. The molecule has 0 aromatic heterocycles. The lowest BCUT2D eigenvalue weighted by Crippen LogP contribution is -2.42. The van der Waals surface area contributed by atoms with Crippen molar-refractivity contribution in [1.29, 1.82) is 0 Å². The molecule has 0 saturated carbocycles. The maximum atomic E-state index is 12.8. The van der Waals surface area contributed by atoms with Crippen LogP contribution in [0.5, 0.6) is 11.5 Å². The second-order valence-electron chi connectivity index (χ2n) is 7.62. The minimum atomic E-state index is -1.06. The fourth-order valence-electron chi connectivity index (χ4n) is 3.33. The van der Waals surface area contributed by atoms with Gasteiger partial charge in [-0.3, -0.25) is 9.59 Å². The van der Waals surface area contributed by atoms with E-state index in [1.807, 2.05) is 44.2 Å². The third kappa shape index (κ3) is 4.88. The Hall–Kier alpha value is -3.02. The number of carbonyl (C=O) groups is 2. The quantitative estimate of drug-likeness (QED) is 0.757. The van der Waals surface area contributed by atoms with Crippen LogP contribution in [0.15, 0.2) is 42.5 Å². The van der Waals surface area contributed by atoms with E-state index in [-0.39, 0.29) is 11.8 Å². The summed E-state index contributed by atoms with van der Waals surface area (Å²) in [6.07, 6.45) is 1.48. The van der Waals surface area contributed by atoms with Gasteiger partial charge in [0.2, 0.25) is 5.91 Å². The van der Waals surface area contributed by atoms with Gasteiger partial charge < -0.3 is 19.7 Å². The largest absolute Gasteiger partial charge is 0.494 e. The van der Waals surface area contributed by atoms with Gasteiger partial charge in [-0.05, 0) is 82.1 Å². The van der Waals surface area contributed by atoms with Gasteiger partial charge in [0.15, 0.2) is 5.60 Å². The number of rotatable bonds is 7. The van der Waals surface area contributed by atoms with Crippen LogP contribution < -0.4 is 19.7 Å². The number of ether oxygens (including phenoxy) is 2. The predicted molar refractivity (Wildman–Crippen MR) is 114 cm³/mol. The Labute approximate surface area is 171 Å². The van der Waals surface area contributed by atoms with Crippen molar-refractivity contribution in [2.45, 2.75) is 46.1 Å². The highest BCUT2D eigenvalue weighted by Gasteiger charge is 2.30. The van der Waals surface area contributed by atoms with E-state index in [1.54, 1.807) is 30.9 Å². The summed E-state index contributed by atoms with van der Waals surface area (Å²) in [4.78, 5) is 26.6. The minimum Gasteiger partial charge on any atom is -0.494 e. The van der Waals surface area contributed by atoms with Gasteiger partial charge in [0.1, 0.15) is 11.5 Å². The lowest BCUT2D eigenvalue weighted by atomic mass is 10.1. The zero-order valence-corrected chi connectivity index (χ0v) is 17.5. The summed E-state index contributed by atoms with van der Waals surface area (Å²) in [5.41, 5.74) is 1.45. The van der Waals surface area contributed by atoms with Gasteiger partial charge in [0, 0.05) is 24.3 Å². The van der Waals surface area contributed by atoms with Gasteiger partial charge in [-0.1, -0.05) is 0 Å². The Kier molecular flexibility index (Phi) is 6.11. The van der Waals surface area contributed by atoms with E-state index >= 15 is 0 Å². The molecule has 1 aliphatic heterocycles. The first-order valence-corrected chi connectivity index (χ1v) is 9.94. The van der Waals surface area contributed by atoms with Crippen molar-refractivity contribution < 1.29 is 19.1 Å². The molecule has 0 unspecified atom stereocenters. The van der Waals surface area contributed by atoms with Crippen LogP contribution in [-0.4, -0.2) is 30.6 Å². The van der Waals surface area contributed by atoms with Crippen LogP contribution in [0.1, 0.15) is 39.2 Å². The zero-order valence-electron chi connectivity index (χ0n) is 17.5. The molecular weight excluding hydrogens is 368 g/mol. The van der Waals surface area contributed by atoms with Crippen LogP contribution in [0.2, 0.25) is 0 Å². The van der Waals surface area contributed by atoms with E-state index in [0.717, 1.165) is 30.0 Å². The molecule has 29 heavy (non-hydrogen) atoms. The highest BCUT2D eigenvalue weighted by atomic mass is 16.5. The maximum Gasteiger partial charge on any atom is 0.267 e. The summed E-state index contributed by atoms with van der Waals surface area (Å²) < 4.78 is 11.3. The van der Waals surface area contributed by atoms with Crippen LogP contribution in [-0.2, 0) is 9.59 Å². The first-order valence-electron chi connectivity index (χ1n) is 9.94. The van der Waals surface area contributed by atoms with Crippen molar-refractivity contribution in [3.63, 3.8) is 0 Å². The molecule has 0 radical (unpaired) electrons. The molecule has 0 atom stereocenters. The number of nitrogens with one attached hydrogen (secondary N) is 1. The van der Waals surface area contributed by atoms with Crippen LogP contribution in [0.4, 0.5) is 11.4 Å². The second-order valence-corrected chi connectivity index (χ2v) is 7.62. The smallest absolute Gasteiger partial charge is 0.267 e. The molecule has 0 spiro atoms. The Balaban J connectivity index is 1.66. The molecule has 3 rings (SSSR count). The number of nitrogens with zero attached hydrogens (tertiary/aromatic N) is 1. The predicted octanol–water partition coefficient (Wildman–Crippen LogP) is 4.32. The van der Waals surface area contributed by atoms with Gasteiger partial charge in [0.05, 0.1) is 6.61 Å². The summed E-state index contributed by atoms with van der Waals surface area (Å²) in [6.45, 7) is 8.66. The Morgan fingerprint density at radius 3 is 2.41 bits per heavy atom. The van der Waals surface area contributed by atoms with Crippen molar-refractivity contribution in [2.75, 3.05) is 23.4 Å². The molecule has 0 bridgehead atoms. The van der Waals surface area contributed by atoms with Crippen LogP contribution >= 0.6 is 0 Å². The lowest BCUT2D eigenvalue weighted by molar-refractivity contribution is -0.128. The number of hydrogen-bond donors (Lipinski definition) is 1. The van der Waals surface area contributed by atoms with Gasteiger partial charge >= 0.3 is 0 Å². The number of benzene rings is 2. The van der Waals surface area contributed by atoms with Crippen molar-refractivity contribution in [2.24, 2.45) is 0 Å². The van der Waals surface area contributed by atoms with E-state index in [2.05, 4.69) is 5.32 Å². The topological polar surface area (TPSA) is 67.9 Å². The summed E-state index contributed by atoms with van der Waals surface area (Å²) >= 11 is 0. The molecule has 6 nitrogen and oxygen atoms in total. The van der Waals surface area contributed by atoms with E-state index in [0.29, 0.717) is 24.5 Å². The lowest BCUT2D eigenvalue weighted by Gasteiger charge is -2.26. The van der Waals surface area contributed by atoms with Crippen LogP contribution in [0.25, 0.3) is 0 Å². The van der Waals surface area contributed by atoms with E-state index in [1.165, 1.54) is 0 Å². The third-order valence-corrected chi connectivity index (χ3v) is 4.87. The second kappa shape index (κ2) is 8.55. The Morgan fingerprint density at radius 2 is 1.83 bits per heavy atom. The minimum absolute atomic E-state index is 0.148. The SMILES string of the molecule is CCOc1ccc(OC(C)(C)C(=O)Nc2ccc(N3CCCC3=O)c(C)c2)cc1. The number of anilines is 2. The molecule has 6 heteroatoms. The van der Waals surface area contributed by atoms with Crippen molar-refractivity contribution in [1.82, 2.24) is 0 Å². The number of amides is 2. The average molecular weight is 396 g/mol. The number of hydrogen-bond acceptors (Lipinski definition) is 4. The first-order chi connectivity index (χ1) is 13.8. The summed E-state index contributed by atoms with van der Waals surface area (Å²) in [6, 6.07) is 12.8. The third-order valence-electron chi connectivity index (χ3n) is 4.87. The zero-order chi connectivity index (χ0) is 21.0. The van der Waals surface area contributed by atoms with Crippen LogP contribution in [0.3, 0.4) is 0 Å². The van der Waals surface area contributed by atoms with Gasteiger partial charge in [-0.25, -0.2) is 0 Å². The standard InChI is InChI=1S/C23H28N2O4/c1-5-28-18-9-11-19(12-10-18)29-23(3,4)22(27)24-17-8-13-20(16(2)15-17)25-14-6-7-21(25)26/h8-13,15H,5-7,14H2,1-4H3,(H,24,27). The van der Waals surface area contributed by atoms with Gasteiger partial charge in [-0.2, -0.15) is 0 Å². The van der Waals surface area contributed by atoms with Gasteiger partial charge in [0.25, 0.3) is 5.91 Å². The van der Waals surface area contributed by atoms with Crippen molar-refractivity contribution in [3.05, 3.63) is 48.0 Å². The molecule has 1 fully saturated rings. The summed E-state index contributed by atoms with van der Waals surface area (Å²) in [5, 5.41) is 2.91. The molecule has 154 valence electrons. The molecule has 1 N–H and O–H groups in total. The molecule has 1 heterocycles. The van der Waals surface area contributed by atoms with Gasteiger partial charge in [-0.15, -0.1) is 0 Å². The number of aryl methyl sites for hydroxylation is 1. The fraction of sp³-hybridized carbons (Fsp3) is 0.391. The highest BCUT2D eigenvalue weighted by Crippen LogP contribution is 2.28. The Bertz CT molecular complexity index is 890. The maximum absolute atomic E-state index is 12.8. The van der Waals surface area contributed by atoms with E-state index in [4.69, 9.17) is 9.47 Å². The molecule has 1 saturated heterocycles. The summed E-state index contributed by atoms with van der Waals surface area (Å²) in [7, 11) is 0. The first kappa shape index (κ1) is 20.7. The van der Waals surface area contributed by atoms with Crippen molar-refractivity contribution >= 4 is 23.2 Å².